The summed E-state index contributed by atoms with van der Waals surface area (Å²) in [5.41, 5.74) is 2.02. The maximum absolute atomic E-state index is 13.6. The van der Waals surface area contributed by atoms with Gasteiger partial charge in [0, 0.05) is 25.7 Å². The van der Waals surface area contributed by atoms with E-state index in [1.54, 1.807) is 0 Å². The zero-order valence-electron chi connectivity index (χ0n) is 23.0. The van der Waals surface area contributed by atoms with Crippen molar-refractivity contribution in [2.75, 3.05) is 19.6 Å². The fourth-order valence-electron chi connectivity index (χ4n) is 5.55. The predicted octanol–water partition coefficient (Wildman–Crippen LogP) is 3.65. The molecule has 0 radical (unpaired) electrons. The van der Waals surface area contributed by atoms with E-state index < -0.39 is 17.4 Å². The predicted molar refractivity (Wildman–Crippen MR) is 144 cm³/mol. The number of nitrogens with one attached hydrogen (secondary N) is 2. The third kappa shape index (κ3) is 8.82. The second-order valence-electron chi connectivity index (χ2n) is 12.1. The van der Waals surface area contributed by atoms with Crippen LogP contribution >= 0.6 is 0 Å². The van der Waals surface area contributed by atoms with Crippen LogP contribution < -0.4 is 10.6 Å². The maximum Gasteiger partial charge on any atom is 0.245 e. The number of likely N-dealkylation sites (tertiary alicyclic amines) is 1. The Kier molecular flexibility index (Phi) is 10.5. The molecular weight excluding hydrogens is 468 g/mol. The van der Waals surface area contributed by atoms with Crippen LogP contribution in [0.4, 0.5) is 0 Å². The summed E-state index contributed by atoms with van der Waals surface area (Å²) in [6, 6.07) is 8.20. The smallest absolute Gasteiger partial charge is 0.245 e. The molecule has 0 aromatic heterocycles. The number of hydrogen-bond acceptors (Lipinski definition) is 5. The Bertz CT molecular complexity index is 884. The lowest BCUT2D eigenvalue weighted by molar-refractivity contribution is -0.156. The summed E-state index contributed by atoms with van der Waals surface area (Å²) in [6.45, 7) is 10.0. The molecule has 0 bridgehead atoms. The van der Waals surface area contributed by atoms with E-state index in [0.29, 0.717) is 42.9 Å². The number of hydroxylamine groups is 2. The second-order valence-corrected chi connectivity index (χ2v) is 12.1. The molecule has 2 atom stereocenters. The van der Waals surface area contributed by atoms with E-state index >= 15 is 0 Å². The highest BCUT2D eigenvalue weighted by atomic mass is 16.5. The van der Waals surface area contributed by atoms with Crippen LogP contribution in [0.15, 0.2) is 24.3 Å². The standard InChI is InChI=1S/C29H46N4O4/c1-21-9-11-23(12-10-21)18-30-25-13-15-32(16-14-25)28(36)26(29(2,3)4)31-27(35)24(19-33(37)20-34)17-22-7-5-6-8-22/h9-12,20,22,24-26,30,37H,5-8,13-19H2,1-4H3,(H,31,35)/t24-,26-/m0/s1. The SMILES string of the molecule is Cc1ccc(CNC2CCN(C(=O)[C@H](NC(=O)[C@@H](CC3CCCC3)CN(O)C=O)C(C)(C)C)CC2)cc1. The van der Waals surface area contributed by atoms with Crippen molar-refractivity contribution in [3.8, 4) is 0 Å². The lowest BCUT2D eigenvalue weighted by atomic mass is 9.84. The molecule has 8 nitrogen and oxygen atoms in total. The molecule has 1 aliphatic heterocycles. The van der Waals surface area contributed by atoms with Crippen LogP contribution in [-0.2, 0) is 20.9 Å². The Labute approximate surface area is 222 Å². The van der Waals surface area contributed by atoms with E-state index in [9.17, 15) is 19.6 Å². The molecule has 2 aliphatic rings. The van der Waals surface area contributed by atoms with Gasteiger partial charge in [0.05, 0.1) is 12.5 Å². The van der Waals surface area contributed by atoms with Crippen LogP contribution in [-0.4, -0.2) is 65.1 Å². The minimum atomic E-state index is -0.675. The van der Waals surface area contributed by atoms with Gasteiger partial charge >= 0.3 is 0 Å². The first-order chi connectivity index (χ1) is 17.6. The number of nitrogens with zero attached hydrogens (tertiary/aromatic N) is 2. The van der Waals surface area contributed by atoms with Gasteiger partial charge in [-0.2, -0.15) is 0 Å². The van der Waals surface area contributed by atoms with Crippen molar-refractivity contribution >= 4 is 18.2 Å². The molecule has 0 unspecified atom stereocenters. The van der Waals surface area contributed by atoms with Crippen LogP contribution in [0.2, 0.25) is 0 Å². The molecule has 1 aromatic carbocycles. The summed E-state index contributed by atoms with van der Waals surface area (Å²) in [7, 11) is 0. The Morgan fingerprint density at radius 1 is 1.11 bits per heavy atom. The van der Waals surface area contributed by atoms with E-state index in [1.807, 2.05) is 25.7 Å². The average Bonchev–Trinajstić information content (AvgIpc) is 3.38. The fourth-order valence-corrected chi connectivity index (χ4v) is 5.55. The van der Waals surface area contributed by atoms with Crippen LogP contribution in [0, 0.1) is 24.2 Å². The molecule has 0 spiro atoms. The first-order valence-corrected chi connectivity index (χ1v) is 13.9. The summed E-state index contributed by atoms with van der Waals surface area (Å²) in [5, 5.41) is 17.0. The van der Waals surface area contributed by atoms with Crippen molar-refractivity contribution in [3.05, 3.63) is 35.4 Å². The Hall–Kier alpha value is -2.45. The normalized spacial score (nSPS) is 18.9. The first-order valence-electron chi connectivity index (χ1n) is 13.9. The highest BCUT2D eigenvalue weighted by Crippen LogP contribution is 2.31. The van der Waals surface area contributed by atoms with E-state index in [2.05, 4.69) is 41.8 Å². The van der Waals surface area contributed by atoms with Gasteiger partial charge in [0.1, 0.15) is 6.04 Å². The molecule has 2 fully saturated rings. The number of hydrogen-bond donors (Lipinski definition) is 3. The summed E-state index contributed by atoms with van der Waals surface area (Å²) < 4.78 is 0. The lowest BCUT2D eigenvalue weighted by Crippen LogP contribution is -2.58. The molecule has 3 amide bonds. The van der Waals surface area contributed by atoms with Gasteiger partial charge in [-0.05, 0) is 43.1 Å². The minimum absolute atomic E-state index is 0.0606. The average molecular weight is 515 g/mol. The molecule has 8 heteroatoms. The number of carbonyl (C=O) groups is 3. The number of piperidine rings is 1. The van der Waals surface area contributed by atoms with E-state index in [4.69, 9.17) is 0 Å². The Balaban J connectivity index is 1.57. The van der Waals surface area contributed by atoms with Crippen molar-refractivity contribution in [1.82, 2.24) is 20.6 Å². The number of amides is 3. The summed E-state index contributed by atoms with van der Waals surface area (Å²) in [5.74, 6) is -0.469. The number of aryl methyl sites for hydroxylation is 1. The van der Waals surface area contributed by atoms with Gasteiger partial charge in [-0.3, -0.25) is 19.6 Å². The van der Waals surface area contributed by atoms with Gasteiger partial charge in [0.25, 0.3) is 0 Å². The molecule has 1 aromatic rings. The van der Waals surface area contributed by atoms with Crippen LogP contribution in [0.3, 0.4) is 0 Å². The van der Waals surface area contributed by atoms with Crippen molar-refractivity contribution in [2.45, 2.75) is 91.3 Å². The van der Waals surface area contributed by atoms with Gasteiger partial charge < -0.3 is 15.5 Å². The van der Waals surface area contributed by atoms with Crippen molar-refractivity contribution in [2.24, 2.45) is 17.3 Å². The summed E-state index contributed by atoms with van der Waals surface area (Å²) >= 11 is 0. The largest absolute Gasteiger partial charge is 0.344 e. The van der Waals surface area contributed by atoms with Gasteiger partial charge in [-0.15, -0.1) is 0 Å². The third-order valence-corrected chi connectivity index (χ3v) is 7.91. The molecule has 37 heavy (non-hydrogen) atoms. The second kappa shape index (κ2) is 13.4. The van der Waals surface area contributed by atoms with E-state index in [0.717, 1.165) is 45.1 Å². The Morgan fingerprint density at radius 3 is 2.30 bits per heavy atom. The molecule has 206 valence electrons. The molecule has 3 rings (SSSR count). The Morgan fingerprint density at radius 2 is 1.73 bits per heavy atom. The first kappa shape index (κ1) is 29.1. The fraction of sp³-hybridized carbons (Fsp3) is 0.690. The van der Waals surface area contributed by atoms with Gasteiger partial charge in [-0.25, -0.2) is 5.06 Å². The number of carbonyl (C=O) groups excluding carboxylic acids is 3. The lowest BCUT2D eigenvalue weighted by Gasteiger charge is -2.39. The quantitative estimate of drug-likeness (QED) is 0.238. The van der Waals surface area contributed by atoms with Crippen LogP contribution in [0.25, 0.3) is 0 Å². The zero-order valence-corrected chi connectivity index (χ0v) is 23.0. The molecule has 3 N–H and O–H groups in total. The third-order valence-electron chi connectivity index (χ3n) is 7.91. The van der Waals surface area contributed by atoms with Crippen LogP contribution in [0.1, 0.15) is 76.8 Å². The monoisotopic (exact) mass is 514 g/mol. The van der Waals surface area contributed by atoms with Crippen molar-refractivity contribution in [3.63, 3.8) is 0 Å². The van der Waals surface area contributed by atoms with Gasteiger partial charge in [0.2, 0.25) is 18.2 Å². The highest BCUT2D eigenvalue weighted by Gasteiger charge is 2.38. The topological polar surface area (TPSA) is 102 Å². The van der Waals surface area contributed by atoms with Crippen molar-refractivity contribution in [1.29, 1.82) is 0 Å². The molecule has 1 saturated carbocycles. The van der Waals surface area contributed by atoms with E-state index in [1.165, 1.54) is 11.1 Å². The maximum atomic E-state index is 13.6. The minimum Gasteiger partial charge on any atom is -0.344 e. The number of benzene rings is 1. The summed E-state index contributed by atoms with van der Waals surface area (Å²) in [6.07, 6.45) is 7.09. The molecule has 1 aliphatic carbocycles. The van der Waals surface area contributed by atoms with Crippen LogP contribution in [0.5, 0.6) is 0 Å². The number of rotatable bonds is 11. The van der Waals surface area contributed by atoms with E-state index in [-0.39, 0.29) is 18.4 Å². The van der Waals surface area contributed by atoms with Gasteiger partial charge in [-0.1, -0.05) is 76.3 Å². The summed E-state index contributed by atoms with van der Waals surface area (Å²) in [4.78, 5) is 39.9. The molecular formula is C29H46N4O4. The van der Waals surface area contributed by atoms with Gasteiger partial charge in [0.15, 0.2) is 0 Å². The zero-order chi connectivity index (χ0) is 27.0. The highest BCUT2D eigenvalue weighted by molar-refractivity contribution is 5.89. The molecule has 1 heterocycles. The van der Waals surface area contributed by atoms with Crippen molar-refractivity contribution < 1.29 is 19.6 Å². The molecule has 1 saturated heterocycles.